The molecule has 11 heteroatoms. The van der Waals surface area contributed by atoms with Crippen molar-refractivity contribution >= 4 is 29.1 Å². The Morgan fingerprint density at radius 2 is 1.87 bits per heavy atom. The number of thioether (sulfide) groups is 1. The van der Waals surface area contributed by atoms with Crippen molar-refractivity contribution in [3.8, 4) is 17.2 Å². The Morgan fingerprint density at radius 1 is 1.21 bits per heavy atom. The first-order valence-electron chi connectivity index (χ1n) is 11.6. The number of carbonyl (C=O) groups excluding carboxylic acids is 1. The van der Waals surface area contributed by atoms with E-state index in [1.54, 1.807) is 49.2 Å². The standard InChI is InChI=1S/C27H32ClN3O6S/c1-7-18(9-10-20(28)15-31(33)34)26(29-3)22(30-16-21(8-2)38-17-30)11-12-23(32)19-13-24(35-4)27(37-6)25(14-19)36-5/h7,9-14,16,29H,1,8,15,17H2,2-6H3/b12-11+,18-9+,20-10+,26-22-. The number of methoxy groups -OCH3 is 3. The van der Waals surface area contributed by atoms with E-state index in [1.165, 1.54) is 38.4 Å². The van der Waals surface area contributed by atoms with Crippen LogP contribution in [0.5, 0.6) is 17.2 Å². The van der Waals surface area contributed by atoms with Gasteiger partial charge in [0.1, 0.15) is 0 Å². The Hall–Kier alpha value is -3.63. The van der Waals surface area contributed by atoms with Gasteiger partial charge in [-0.1, -0.05) is 37.3 Å². The number of benzene rings is 1. The molecule has 1 aromatic rings. The van der Waals surface area contributed by atoms with Gasteiger partial charge in [0.05, 0.1) is 43.6 Å². The highest BCUT2D eigenvalue weighted by Gasteiger charge is 2.20. The maximum absolute atomic E-state index is 13.2. The van der Waals surface area contributed by atoms with E-state index < -0.39 is 11.5 Å². The summed E-state index contributed by atoms with van der Waals surface area (Å²) in [6.07, 6.45) is 10.8. The summed E-state index contributed by atoms with van der Waals surface area (Å²) < 4.78 is 16.1. The molecule has 38 heavy (non-hydrogen) atoms. The van der Waals surface area contributed by atoms with Gasteiger partial charge in [-0.2, -0.15) is 0 Å². The third kappa shape index (κ3) is 7.93. The molecule has 0 aromatic heterocycles. The first-order chi connectivity index (χ1) is 18.2. The minimum Gasteiger partial charge on any atom is -0.493 e. The SMILES string of the molecule is C=CC(=C\C=C(\Cl)C[N+](=O)[O-])/C(NC)=C(\C=C\C(=O)c1cc(OC)c(OC)c(OC)c1)N1C=C(CC)SC1. The van der Waals surface area contributed by atoms with Crippen LogP contribution in [-0.2, 0) is 0 Å². The van der Waals surface area contributed by atoms with E-state index in [9.17, 15) is 14.9 Å². The molecule has 2 rings (SSSR count). The predicted molar refractivity (Wildman–Crippen MR) is 152 cm³/mol. The molecule has 0 unspecified atom stereocenters. The molecule has 1 heterocycles. The van der Waals surface area contributed by atoms with Gasteiger partial charge in [-0.05, 0) is 42.4 Å². The highest BCUT2D eigenvalue weighted by Crippen LogP contribution is 2.38. The van der Waals surface area contributed by atoms with Gasteiger partial charge in [0.25, 0.3) is 0 Å². The van der Waals surface area contributed by atoms with Crippen LogP contribution in [0, 0.1) is 10.1 Å². The number of likely N-dealkylation sites (N-methyl/N-ethyl adjacent to an activating group) is 1. The Balaban J connectivity index is 2.60. The molecule has 1 aliphatic heterocycles. The van der Waals surface area contributed by atoms with Gasteiger partial charge in [-0.3, -0.25) is 14.9 Å². The molecule has 9 nitrogen and oxygen atoms in total. The zero-order chi connectivity index (χ0) is 28.2. The van der Waals surface area contributed by atoms with E-state index in [1.807, 2.05) is 11.1 Å². The number of allylic oxidation sites excluding steroid dienone is 6. The molecule has 0 saturated carbocycles. The van der Waals surface area contributed by atoms with Crippen LogP contribution in [0.1, 0.15) is 23.7 Å². The first-order valence-corrected chi connectivity index (χ1v) is 12.9. The van der Waals surface area contributed by atoms with Gasteiger partial charge in [-0.25, -0.2) is 0 Å². The van der Waals surface area contributed by atoms with Crippen molar-refractivity contribution < 1.29 is 23.9 Å². The Bertz CT molecular complexity index is 1190. The second kappa shape index (κ2) is 14.9. The second-order valence-electron chi connectivity index (χ2n) is 7.74. The smallest absolute Gasteiger partial charge is 0.239 e. The third-order valence-corrected chi connectivity index (χ3v) is 6.84. The molecule has 0 spiro atoms. The molecular formula is C27H32ClN3O6S. The largest absolute Gasteiger partial charge is 0.493 e. The number of ether oxygens (including phenoxy) is 3. The van der Waals surface area contributed by atoms with Crippen molar-refractivity contribution in [2.75, 3.05) is 40.8 Å². The molecule has 0 atom stereocenters. The fraction of sp³-hybridized carbons (Fsp3) is 0.296. The number of hydrogen-bond donors (Lipinski definition) is 1. The van der Waals surface area contributed by atoms with Crippen molar-refractivity contribution in [1.82, 2.24) is 10.2 Å². The number of halogens is 1. The number of rotatable bonds is 14. The summed E-state index contributed by atoms with van der Waals surface area (Å²) in [5, 5.41) is 14.0. The lowest BCUT2D eigenvalue weighted by molar-refractivity contribution is -0.469. The highest BCUT2D eigenvalue weighted by atomic mass is 35.5. The number of carbonyl (C=O) groups is 1. The maximum atomic E-state index is 13.2. The summed E-state index contributed by atoms with van der Waals surface area (Å²) in [7, 11) is 6.21. The first kappa shape index (κ1) is 30.6. The average molecular weight is 562 g/mol. The van der Waals surface area contributed by atoms with Crippen LogP contribution in [0.3, 0.4) is 0 Å². The Morgan fingerprint density at radius 3 is 2.34 bits per heavy atom. The van der Waals surface area contributed by atoms with E-state index in [0.717, 1.165) is 6.42 Å². The summed E-state index contributed by atoms with van der Waals surface area (Å²) in [6.45, 7) is 5.48. The predicted octanol–water partition coefficient (Wildman–Crippen LogP) is 5.65. The van der Waals surface area contributed by atoms with Crippen molar-refractivity contribution in [2.24, 2.45) is 0 Å². The van der Waals surface area contributed by atoms with E-state index in [-0.39, 0.29) is 10.8 Å². The topological polar surface area (TPSA) is 103 Å². The van der Waals surface area contributed by atoms with Gasteiger partial charge in [0, 0.05) is 28.6 Å². The molecule has 1 aromatic carbocycles. The second-order valence-corrected chi connectivity index (χ2v) is 9.30. The van der Waals surface area contributed by atoms with Crippen LogP contribution in [0.15, 0.2) is 82.2 Å². The van der Waals surface area contributed by atoms with E-state index >= 15 is 0 Å². The zero-order valence-electron chi connectivity index (χ0n) is 22.1. The number of ketones is 1. The quantitative estimate of drug-likeness (QED) is 0.101. The lowest BCUT2D eigenvalue weighted by atomic mass is 10.1. The molecule has 0 saturated heterocycles. The molecule has 0 amide bonds. The van der Waals surface area contributed by atoms with Crippen molar-refractivity contribution in [1.29, 1.82) is 0 Å². The van der Waals surface area contributed by atoms with Crippen LogP contribution < -0.4 is 19.5 Å². The van der Waals surface area contributed by atoms with E-state index in [4.69, 9.17) is 25.8 Å². The number of nitrogens with zero attached hydrogens (tertiary/aromatic N) is 2. The van der Waals surface area contributed by atoms with Crippen LogP contribution >= 0.6 is 23.4 Å². The highest BCUT2D eigenvalue weighted by molar-refractivity contribution is 8.03. The van der Waals surface area contributed by atoms with E-state index in [2.05, 4.69) is 18.8 Å². The van der Waals surface area contributed by atoms with Crippen molar-refractivity contribution in [3.63, 3.8) is 0 Å². The monoisotopic (exact) mass is 561 g/mol. The molecule has 1 aliphatic rings. The molecule has 0 bridgehead atoms. The molecular weight excluding hydrogens is 530 g/mol. The van der Waals surface area contributed by atoms with Gasteiger partial charge in [0.15, 0.2) is 17.3 Å². The number of nitrogens with one attached hydrogen (secondary N) is 1. The van der Waals surface area contributed by atoms with Gasteiger partial charge >= 0.3 is 0 Å². The van der Waals surface area contributed by atoms with E-state index in [0.29, 0.717) is 45.7 Å². The van der Waals surface area contributed by atoms with Crippen molar-refractivity contribution in [2.45, 2.75) is 13.3 Å². The van der Waals surface area contributed by atoms with Gasteiger partial charge in [0.2, 0.25) is 12.3 Å². The lowest BCUT2D eigenvalue weighted by Crippen LogP contribution is -2.20. The lowest BCUT2D eigenvalue weighted by Gasteiger charge is -2.21. The van der Waals surface area contributed by atoms with Gasteiger partial charge < -0.3 is 24.4 Å². The normalized spacial score (nSPS) is 14.7. The van der Waals surface area contributed by atoms with Crippen LogP contribution in [0.2, 0.25) is 0 Å². The summed E-state index contributed by atoms with van der Waals surface area (Å²) in [4.78, 5) is 26.7. The molecule has 1 N–H and O–H groups in total. The number of nitro groups is 1. The Labute approximate surface area is 232 Å². The summed E-state index contributed by atoms with van der Waals surface area (Å²) >= 11 is 7.71. The summed E-state index contributed by atoms with van der Waals surface area (Å²) in [5.74, 6) is 1.51. The van der Waals surface area contributed by atoms with Crippen LogP contribution in [-0.4, -0.2) is 56.4 Å². The molecule has 204 valence electrons. The minimum absolute atomic E-state index is 0.0735. The van der Waals surface area contributed by atoms with Crippen LogP contribution in [0.25, 0.3) is 0 Å². The summed E-state index contributed by atoms with van der Waals surface area (Å²) in [5.41, 5.74) is 2.35. The fourth-order valence-electron chi connectivity index (χ4n) is 3.56. The van der Waals surface area contributed by atoms with Crippen molar-refractivity contribution in [3.05, 3.63) is 97.9 Å². The minimum atomic E-state index is -0.503. The molecule has 0 aliphatic carbocycles. The fourth-order valence-corrected chi connectivity index (χ4v) is 4.65. The van der Waals surface area contributed by atoms with Crippen LogP contribution in [0.4, 0.5) is 0 Å². The van der Waals surface area contributed by atoms with Gasteiger partial charge in [-0.15, -0.1) is 11.8 Å². The maximum Gasteiger partial charge on any atom is 0.239 e. The summed E-state index contributed by atoms with van der Waals surface area (Å²) in [6, 6.07) is 3.18. The number of hydrogen-bond acceptors (Lipinski definition) is 9. The molecule has 0 fully saturated rings. The average Bonchev–Trinajstić information content (AvgIpc) is 3.39. The third-order valence-electron chi connectivity index (χ3n) is 5.43. The zero-order valence-corrected chi connectivity index (χ0v) is 23.6. The Kier molecular flexibility index (Phi) is 12.0. The molecule has 0 radical (unpaired) electrons.